The van der Waals surface area contributed by atoms with E-state index in [0.29, 0.717) is 30.4 Å². The fraction of sp³-hybridized carbons (Fsp3) is 0.348. The molecule has 1 N–H and O–H groups in total. The molecule has 0 fully saturated rings. The van der Waals surface area contributed by atoms with Crippen molar-refractivity contribution in [2.45, 2.75) is 38.0 Å². The van der Waals surface area contributed by atoms with E-state index in [2.05, 4.69) is 16.5 Å². The summed E-state index contributed by atoms with van der Waals surface area (Å²) < 4.78 is 0. The molecule has 2 heterocycles. The largest absolute Gasteiger partial charge is 0.334 e. The van der Waals surface area contributed by atoms with Gasteiger partial charge in [0.1, 0.15) is 10.7 Å². The van der Waals surface area contributed by atoms with E-state index in [0.717, 1.165) is 35.0 Å². The molecule has 1 aromatic carbocycles. The fourth-order valence-electron chi connectivity index (χ4n) is 3.82. The van der Waals surface area contributed by atoms with Gasteiger partial charge in [-0.2, -0.15) is 0 Å². The lowest BCUT2D eigenvalue weighted by Gasteiger charge is -2.21. The number of nitrogens with one attached hydrogen (secondary N) is 1. The molecule has 0 saturated carbocycles. The van der Waals surface area contributed by atoms with Gasteiger partial charge in [0.25, 0.3) is 5.56 Å². The molecule has 0 unspecified atom stereocenters. The van der Waals surface area contributed by atoms with Crippen LogP contribution in [0.1, 0.15) is 34.7 Å². The SMILES string of the molecule is C=CCN(Cc1ccccc1)C(=O)CSCc1nc2sc3c(c2c(=O)[nH]1)CCCC3. The fourth-order valence-corrected chi connectivity index (χ4v) is 5.89. The lowest BCUT2D eigenvalue weighted by molar-refractivity contribution is -0.128. The van der Waals surface area contributed by atoms with E-state index in [1.54, 1.807) is 22.3 Å². The highest BCUT2D eigenvalue weighted by Gasteiger charge is 2.20. The molecule has 0 radical (unpaired) electrons. The average Bonchev–Trinajstić information content (AvgIpc) is 3.13. The van der Waals surface area contributed by atoms with E-state index < -0.39 is 0 Å². The number of amides is 1. The molecule has 5 nitrogen and oxygen atoms in total. The zero-order chi connectivity index (χ0) is 20.9. The van der Waals surface area contributed by atoms with E-state index >= 15 is 0 Å². The van der Waals surface area contributed by atoms with E-state index in [4.69, 9.17) is 0 Å². The van der Waals surface area contributed by atoms with Crippen LogP contribution in [0.2, 0.25) is 0 Å². The molecule has 0 saturated heterocycles. The predicted molar refractivity (Wildman–Crippen MR) is 125 cm³/mol. The van der Waals surface area contributed by atoms with Gasteiger partial charge in [0.15, 0.2) is 0 Å². The molecular weight excluding hydrogens is 414 g/mol. The van der Waals surface area contributed by atoms with Crippen molar-refractivity contribution in [2.24, 2.45) is 0 Å². The minimum Gasteiger partial charge on any atom is -0.334 e. The van der Waals surface area contributed by atoms with Crippen molar-refractivity contribution >= 4 is 39.2 Å². The minimum atomic E-state index is -0.0429. The molecule has 0 aliphatic heterocycles. The summed E-state index contributed by atoms with van der Waals surface area (Å²) in [6, 6.07) is 9.94. The van der Waals surface area contributed by atoms with Gasteiger partial charge in [-0.05, 0) is 36.8 Å². The summed E-state index contributed by atoms with van der Waals surface area (Å²) >= 11 is 3.13. The van der Waals surface area contributed by atoms with Crippen LogP contribution in [0.25, 0.3) is 10.2 Å². The number of thiophene rings is 1. The third kappa shape index (κ3) is 4.68. The maximum absolute atomic E-state index is 12.7. The van der Waals surface area contributed by atoms with Gasteiger partial charge < -0.3 is 9.88 Å². The predicted octanol–water partition coefficient (Wildman–Crippen LogP) is 4.31. The molecule has 1 amide bonds. The van der Waals surface area contributed by atoms with Gasteiger partial charge in [-0.1, -0.05) is 36.4 Å². The lowest BCUT2D eigenvalue weighted by Crippen LogP contribution is -2.32. The van der Waals surface area contributed by atoms with Crippen molar-refractivity contribution in [3.05, 3.63) is 75.2 Å². The molecule has 156 valence electrons. The second kappa shape index (κ2) is 9.62. The number of rotatable bonds is 8. The Balaban J connectivity index is 1.40. The number of thioether (sulfide) groups is 1. The van der Waals surface area contributed by atoms with Gasteiger partial charge in [-0.25, -0.2) is 4.98 Å². The summed E-state index contributed by atoms with van der Waals surface area (Å²) in [5.41, 5.74) is 2.25. The highest BCUT2D eigenvalue weighted by molar-refractivity contribution is 7.99. The summed E-state index contributed by atoms with van der Waals surface area (Å²) in [7, 11) is 0. The maximum Gasteiger partial charge on any atom is 0.259 e. The summed E-state index contributed by atoms with van der Waals surface area (Å²) in [6.45, 7) is 4.84. The summed E-state index contributed by atoms with van der Waals surface area (Å²) in [4.78, 5) is 36.9. The average molecular weight is 440 g/mol. The molecule has 0 bridgehead atoms. The lowest BCUT2D eigenvalue weighted by atomic mass is 9.97. The van der Waals surface area contributed by atoms with Crippen LogP contribution in [0.5, 0.6) is 0 Å². The number of carbonyl (C=O) groups excluding carboxylic acids is 1. The highest BCUT2D eigenvalue weighted by Crippen LogP contribution is 2.33. The number of aromatic amines is 1. The molecule has 30 heavy (non-hydrogen) atoms. The van der Waals surface area contributed by atoms with E-state index in [-0.39, 0.29) is 11.5 Å². The molecule has 1 aliphatic carbocycles. The Morgan fingerprint density at radius 3 is 2.87 bits per heavy atom. The van der Waals surface area contributed by atoms with Crippen LogP contribution in [0.4, 0.5) is 0 Å². The van der Waals surface area contributed by atoms with Gasteiger partial charge >= 0.3 is 0 Å². The van der Waals surface area contributed by atoms with Crippen molar-refractivity contribution in [1.29, 1.82) is 0 Å². The van der Waals surface area contributed by atoms with Crippen LogP contribution in [0.3, 0.4) is 0 Å². The number of H-pyrrole nitrogens is 1. The van der Waals surface area contributed by atoms with Crippen LogP contribution in [0, 0.1) is 0 Å². The normalized spacial score (nSPS) is 13.2. The van der Waals surface area contributed by atoms with Crippen LogP contribution < -0.4 is 5.56 Å². The van der Waals surface area contributed by atoms with Gasteiger partial charge in [0.05, 0.1) is 16.9 Å². The van der Waals surface area contributed by atoms with Crippen LogP contribution in [-0.2, 0) is 29.9 Å². The number of hydrogen-bond acceptors (Lipinski definition) is 5. The standard InChI is InChI=1S/C23H25N3O2S2/c1-2-12-26(13-16-8-4-3-5-9-16)20(27)15-29-14-19-24-22(28)21-17-10-6-7-11-18(17)30-23(21)25-19/h2-5,8-9H,1,6-7,10-15H2,(H,24,25,28). The number of benzene rings is 1. The first-order chi connectivity index (χ1) is 14.7. The van der Waals surface area contributed by atoms with E-state index in [9.17, 15) is 9.59 Å². The second-order valence-corrected chi connectivity index (χ2v) is 9.51. The molecular formula is C23H25N3O2S2. The Labute approximate surface area is 184 Å². The van der Waals surface area contributed by atoms with E-state index in [1.165, 1.54) is 28.6 Å². The zero-order valence-electron chi connectivity index (χ0n) is 16.9. The molecule has 3 aromatic rings. The number of hydrogen-bond donors (Lipinski definition) is 1. The minimum absolute atomic E-state index is 0.0429. The van der Waals surface area contributed by atoms with Gasteiger partial charge in [-0.3, -0.25) is 9.59 Å². The van der Waals surface area contributed by atoms with Crippen LogP contribution >= 0.6 is 23.1 Å². The number of aryl methyl sites for hydroxylation is 2. The number of aromatic nitrogens is 2. The molecule has 2 aromatic heterocycles. The Hall–Kier alpha value is -2.38. The van der Waals surface area contributed by atoms with Crippen LogP contribution in [-0.4, -0.2) is 33.1 Å². The first kappa shape index (κ1) is 20.9. The second-order valence-electron chi connectivity index (χ2n) is 7.45. The van der Waals surface area contributed by atoms with Crippen molar-refractivity contribution in [3.63, 3.8) is 0 Å². The van der Waals surface area contributed by atoms with Crippen LogP contribution in [0.15, 0.2) is 47.8 Å². The van der Waals surface area contributed by atoms with Gasteiger partial charge in [-0.15, -0.1) is 29.7 Å². The molecule has 4 rings (SSSR count). The quantitative estimate of drug-likeness (QED) is 0.531. The summed E-state index contributed by atoms with van der Waals surface area (Å²) in [5.74, 6) is 1.54. The van der Waals surface area contributed by atoms with E-state index in [1.807, 2.05) is 30.3 Å². The number of carbonyl (C=O) groups is 1. The van der Waals surface area contributed by atoms with Crippen molar-refractivity contribution in [2.75, 3.05) is 12.3 Å². The summed E-state index contributed by atoms with van der Waals surface area (Å²) in [6.07, 6.45) is 6.10. The monoisotopic (exact) mass is 439 g/mol. The van der Waals surface area contributed by atoms with Gasteiger partial charge in [0, 0.05) is 18.0 Å². The first-order valence-electron chi connectivity index (χ1n) is 10.2. The molecule has 0 atom stereocenters. The molecule has 0 spiro atoms. The third-order valence-electron chi connectivity index (χ3n) is 5.26. The van der Waals surface area contributed by atoms with Gasteiger partial charge in [0.2, 0.25) is 5.91 Å². The van der Waals surface area contributed by atoms with Crippen molar-refractivity contribution < 1.29 is 4.79 Å². The topological polar surface area (TPSA) is 66.1 Å². The maximum atomic E-state index is 12.7. The summed E-state index contributed by atoms with van der Waals surface area (Å²) in [5, 5.41) is 0.777. The Morgan fingerprint density at radius 2 is 2.07 bits per heavy atom. The number of fused-ring (bicyclic) bond motifs is 3. The Bertz CT molecular complexity index is 1100. The third-order valence-corrected chi connectivity index (χ3v) is 7.37. The number of nitrogens with zero attached hydrogens (tertiary/aromatic N) is 2. The Morgan fingerprint density at radius 1 is 1.27 bits per heavy atom. The van der Waals surface area contributed by atoms with Crippen molar-refractivity contribution in [3.8, 4) is 0 Å². The Kier molecular flexibility index (Phi) is 6.69. The first-order valence-corrected chi connectivity index (χ1v) is 12.2. The zero-order valence-corrected chi connectivity index (χ0v) is 18.5. The molecule has 1 aliphatic rings. The molecule has 7 heteroatoms. The smallest absolute Gasteiger partial charge is 0.259 e. The van der Waals surface area contributed by atoms with Crippen molar-refractivity contribution in [1.82, 2.24) is 14.9 Å². The highest BCUT2D eigenvalue weighted by atomic mass is 32.2.